The molecule has 2 rings (SSSR count). The van der Waals surface area contributed by atoms with Gasteiger partial charge in [0.1, 0.15) is 18.2 Å². The topological polar surface area (TPSA) is 78.9 Å². The summed E-state index contributed by atoms with van der Waals surface area (Å²) in [6.07, 6.45) is 5.53. The maximum atomic E-state index is 5.82. The molecule has 0 bridgehead atoms. The van der Waals surface area contributed by atoms with Gasteiger partial charge in [-0.25, -0.2) is 15.0 Å². The number of aryl methyl sites for hydroxylation is 1. The summed E-state index contributed by atoms with van der Waals surface area (Å²) in [6, 6.07) is 1.79. The van der Waals surface area contributed by atoms with E-state index < -0.39 is 0 Å². The molecule has 20 heavy (non-hydrogen) atoms. The third kappa shape index (κ3) is 3.77. The van der Waals surface area contributed by atoms with Crippen LogP contribution in [-0.2, 0) is 24.3 Å². The van der Waals surface area contributed by atoms with Crippen LogP contribution in [0.4, 0.5) is 5.82 Å². The van der Waals surface area contributed by atoms with Gasteiger partial charge in [0.2, 0.25) is 0 Å². The van der Waals surface area contributed by atoms with Crippen molar-refractivity contribution in [3.63, 3.8) is 0 Å². The highest BCUT2D eigenvalue weighted by Gasteiger charge is 2.08. The number of hydrogen-bond acceptors (Lipinski definition) is 5. The average Bonchev–Trinajstić information content (AvgIpc) is 2.84. The molecule has 0 aliphatic carbocycles. The first-order valence-corrected chi connectivity index (χ1v) is 6.93. The van der Waals surface area contributed by atoms with Crippen LogP contribution >= 0.6 is 0 Å². The Kier molecular flexibility index (Phi) is 5.06. The predicted molar refractivity (Wildman–Crippen MR) is 77.1 cm³/mol. The summed E-state index contributed by atoms with van der Waals surface area (Å²) in [5.74, 6) is 2.08. The minimum absolute atomic E-state index is 0.387. The molecule has 0 saturated carbocycles. The van der Waals surface area contributed by atoms with Crippen molar-refractivity contribution in [3.8, 4) is 0 Å². The van der Waals surface area contributed by atoms with Gasteiger partial charge in [0.15, 0.2) is 5.82 Å². The molecule has 108 valence electrons. The second-order valence-electron chi connectivity index (χ2n) is 4.55. The number of nitrogen functional groups attached to an aromatic ring is 1. The van der Waals surface area contributed by atoms with Crippen molar-refractivity contribution in [3.05, 3.63) is 35.8 Å². The fraction of sp³-hybridized carbons (Fsp3) is 0.500. The number of rotatable bonds is 7. The molecule has 6 heteroatoms. The van der Waals surface area contributed by atoms with Crippen LogP contribution in [0.1, 0.15) is 37.6 Å². The van der Waals surface area contributed by atoms with E-state index in [1.165, 1.54) is 0 Å². The normalized spacial score (nSPS) is 10.9. The van der Waals surface area contributed by atoms with E-state index in [0.29, 0.717) is 31.3 Å². The highest BCUT2D eigenvalue weighted by molar-refractivity contribution is 5.31. The maximum Gasteiger partial charge on any atom is 0.156 e. The molecule has 2 aromatic heterocycles. The zero-order chi connectivity index (χ0) is 14.4. The quantitative estimate of drug-likeness (QED) is 0.833. The van der Waals surface area contributed by atoms with Crippen molar-refractivity contribution in [2.24, 2.45) is 0 Å². The number of anilines is 1. The summed E-state index contributed by atoms with van der Waals surface area (Å²) in [7, 11) is 0. The Labute approximate surface area is 119 Å². The number of imidazole rings is 1. The number of ether oxygens (including phenoxy) is 1. The zero-order valence-electron chi connectivity index (χ0n) is 12.0. The average molecular weight is 275 g/mol. The van der Waals surface area contributed by atoms with Crippen LogP contribution in [-0.4, -0.2) is 26.1 Å². The Balaban J connectivity index is 2.15. The Morgan fingerprint density at radius 2 is 2.15 bits per heavy atom. The first-order valence-electron chi connectivity index (χ1n) is 6.93. The SMILES string of the molecule is CCCn1ccnc1Cc1cc(N)nc(COCC)n1. The smallest absolute Gasteiger partial charge is 0.156 e. The molecule has 0 aromatic carbocycles. The van der Waals surface area contributed by atoms with Crippen LogP contribution < -0.4 is 5.73 Å². The van der Waals surface area contributed by atoms with Gasteiger partial charge in [0.05, 0.1) is 5.69 Å². The first kappa shape index (κ1) is 14.5. The maximum absolute atomic E-state index is 5.82. The van der Waals surface area contributed by atoms with Crippen molar-refractivity contribution in [2.45, 2.75) is 39.8 Å². The molecule has 0 atom stereocenters. The lowest BCUT2D eigenvalue weighted by molar-refractivity contribution is 0.128. The van der Waals surface area contributed by atoms with Crippen LogP contribution in [0.2, 0.25) is 0 Å². The highest BCUT2D eigenvalue weighted by Crippen LogP contribution is 2.10. The standard InChI is InChI=1S/C14H21N5O/c1-3-6-19-7-5-16-14(19)9-11-8-12(15)18-13(17-11)10-20-4-2/h5,7-8H,3-4,6,9-10H2,1-2H3,(H2,15,17,18). The summed E-state index contributed by atoms with van der Waals surface area (Å²) < 4.78 is 7.47. The van der Waals surface area contributed by atoms with Crippen LogP contribution in [0.25, 0.3) is 0 Å². The minimum Gasteiger partial charge on any atom is -0.384 e. The van der Waals surface area contributed by atoms with Gasteiger partial charge in [-0.1, -0.05) is 6.92 Å². The van der Waals surface area contributed by atoms with Crippen LogP contribution in [0, 0.1) is 0 Å². The second kappa shape index (κ2) is 7.00. The van der Waals surface area contributed by atoms with Gasteiger partial charge in [-0.05, 0) is 13.3 Å². The molecule has 2 heterocycles. The Morgan fingerprint density at radius 1 is 1.30 bits per heavy atom. The van der Waals surface area contributed by atoms with E-state index >= 15 is 0 Å². The van der Waals surface area contributed by atoms with Crippen LogP contribution in [0.3, 0.4) is 0 Å². The molecule has 0 aliphatic heterocycles. The first-order chi connectivity index (χ1) is 9.72. The van der Waals surface area contributed by atoms with Gasteiger partial charge < -0.3 is 15.0 Å². The van der Waals surface area contributed by atoms with E-state index in [0.717, 1.165) is 24.5 Å². The number of nitrogens with two attached hydrogens (primary N) is 1. The minimum atomic E-state index is 0.387. The van der Waals surface area contributed by atoms with Gasteiger partial charge in [-0.15, -0.1) is 0 Å². The van der Waals surface area contributed by atoms with Crippen molar-refractivity contribution >= 4 is 5.82 Å². The molecule has 0 amide bonds. The number of nitrogens with zero attached hydrogens (tertiary/aromatic N) is 4. The predicted octanol–water partition coefficient (Wildman–Crippen LogP) is 1.79. The van der Waals surface area contributed by atoms with Crippen LogP contribution in [0.15, 0.2) is 18.5 Å². The monoisotopic (exact) mass is 275 g/mol. The molecular weight excluding hydrogens is 254 g/mol. The molecule has 0 aliphatic rings. The van der Waals surface area contributed by atoms with E-state index in [4.69, 9.17) is 10.5 Å². The number of hydrogen-bond donors (Lipinski definition) is 1. The van der Waals surface area contributed by atoms with Gasteiger partial charge in [0.25, 0.3) is 0 Å². The zero-order valence-corrected chi connectivity index (χ0v) is 12.0. The molecule has 0 spiro atoms. The summed E-state index contributed by atoms with van der Waals surface area (Å²) in [5, 5.41) is 0. The Hall–Kier alpha value is -1.95. The molecule has 0 radical (unpaired) electrons. The number of aromatic nitrogens is 4. The van der Waals surface area contributed by atoms with Gasteiger partial charge in [-0.2, -0.15) is 0 Å². The molecular formula is C14H21N5O. The second-order valence-corrected chi connectivity index (χ2v) is 4.55. The molecule has 0 fully saturated rings. The van der Waals surface area contributed by atoms with E-state index in [1.807, 2.05) is 19.3 Å². The van der Waals surface area contributed by atoms with Gasteiger partial charge in [0, 0.05) is 38.0 Å². The lowest BCUT2D eigenvalue weighted by Crippen LogP contribution is -2.08. The van der Waals surface area contributed by atoms with Crippen molar-refractivity contribution in [1.82, 2.24) is 19.5 Å². The summed E-state index contributed by atoms with van der Waals surface area (Å²) >= 11 is 0. The fourth-order valence-corrected chi connectivity index (χ4v) is 2.04. The van der Waals surface area contributed by atoms with Gasteiger partial charge >= 0.3 is 0 Å². The summed E-state index contributed by atoms with van der Waals surface area (Å²) in [4.78, 5) is 13.0. The largest absolute Gasteiger partial charge is 0.384 e. The molecule has 0 unspecified atom stereocenters. The van der Waals surface area contributed by atoms with Crippen molar-refractivity contribution < 1.29 is 4.74 Å². The molecule has 2 N–H and O–H groups in total. The lowest BCUT2D eigenvalue weighted by atomic mass is 10.2. The lowest BCUT2D eigenvalue weighted by Gasteiger charge is -2.08. The van der Waals surface area contributed by atoms with E-state index in [1.54, 1.807) is 6.07 Å². The van der Waals surface area contributed by atoms with E-state index in [2.05, 4.69) is 26.4 Å². The molecule has 2 aromatic rings. The fourth-order valence-electron chi connectivity index (χ4n) is 2.04. The van der Waals surface area contributed by atoms with E-state index in [9.17, 15) is 0 Å². The summed E-state index contributed by atoms with van der Waals surface area (Å²) in [6.45, 7) is 6.06. The van der Waals surface area contributed by atoms with Crippen LogP contribution in [0.5, 0.6) is 0 Å². The van der Waals surface area contributed by atoms with Gasteiger partial charge in [-0.3, -0.25) is 0 Å². The van der Waals surface area contributed by atoms with E-state index in [-0.39, 0.29) is 0 Å². The summed E-state index contributed by atoms with van der Waals surface area (Å²) in [5.41, 5.74) is 6.69. The molecule has 6 nitrogen and oxygen atoms in total. The molecule has 0 saturated heterocycles. The van der Waals surface area contributed by atoms with Crippen molar-refractivity contribution in [2.75, 3.05) is 12.3 Å². The Bertz CT molecular complexity index is 552. The highest BCUT2D eigenvalue weighted by atomic mass is 16.5. The Morgan fingerprint density at radius 3 is 2.90 bits per heavy atom. The third-order valence-electron chi connectivity index (χ3n) is 2.89. The third-order valence-corrected chi connectivity index (χ3v) is 2.89. The van der Waals surface area contributed by atoms with Crippen molar-refractivity contribution in [1.29, 1.82) is 0 Å².